The number of para-hydroxylation sites is 1. The van der Waals surface area contributed by atoms with Crippen LogP contribution in [0.25, 0.3) is 16.9 Å². The second-order valence-electron chi connectivity index (χ2n) is 3.74. The molecule has 3 aromatic rings. The predicted molar refractivity (Wildman–Crippen MR) is 63.8 cm³/mol. The Morgan fingerprint density at radius 1 is 1.32 bits per heavy atom. The van der Waals surface area contributed by atoms with Gasteiger partial charge in [-0.15, -0.1) is 0 Å². The van der Waals surface area contributed by atoms with Gasteiger partial charge in [0.15, 0.2) is 0 Å². The summed E-state index contributed by atoms with van der Waals surface area (Å²) in [6.07, 6.45) is 2.97. The highest BCUT2D eigenvalue weighted by molar-refractivity contribution is 5.86. The van der Waals surface area contributed by atoms with Gasteiger partial charge < -0.3 is 9.63 Å². The van der Waals surface area contributed by atoms with Crippen molar-refractivity contribution < 1.29 is 14.4 Å². The largest absolute Gasteiger partial charge is 0.475 e. The average Bonchev–Trinajstić information content (AvgIpc) is 3.10. The van der Waals surface area contributed by atoms with E-state index in [2.05, 4.69) is 15.2 Å². The van der Waals surface area contributed by atoms with E-state index in [1.54, 1.807) is 17.1 Å². The first kappa shape index (κ1) is 11.1. The van der Waals surface area contributed by atoms with Crippen molar-refractivity contribution in [2.75, 3.05) is 0 Å². The Labute approximate surface area is 107 Å². The topological polar surface area (TPSA) is 94.0 Å². The van der Waals surface area contributed by atoms with E-state index in [-0.39, 0.29) is 5.76 Å². The maximum Gasteiger partial charge on any atom is 0.374 e. The molecule has 7 nitrogen and oxygen atoms in total. The molecule has 0 saturated carbocycles. The Morgan fingerprint density at radius 3 is 2.84 bits per heavy atom. The minimum Gasteiger partial charge on any atom is -0.475 e. The van der Waals surface area contributed by atoms with Crippen LogP contribution >= 0.6 is 0 Å². The van der Waals surface area contributed by atoms with Gasteiger partial charge in [0, 0.05) is 11.6 Å². The minimum atomic E-state index is -1.16. The molecule has 0 unspecified atom stereocenters. The summed E-state index contributed by atoms with van der Waals surface area (Å²) in [4.78, 5) is 14.7. The van der Waals surface area contributed by atoms with Crippen LogP contribution in [0.1, 0.15) is 10.6 Å². The molecule has 0 aliphatic carbocycles. The number of benzene rings is 1. The summed E-state index contributed by atoms with van der Waals surface area (Å²) in [6, 6.07) is 8.68. The Morgan fingerprint density at radius 2 is 2.16 bits per heavy atom. The Balaban J connectivity index is 2.12. The first-order chi connectivity index (χ1) is 9.25. The quantitative estimate of drug-likeness (QED) is 0.765. The summed E-state index contributed by atoms with van der Waals surface area (Å²) in [5.74, 6) is -1.36. The van der Waals surface area contributed by atoms with E-state index in [0.717, 1.165) is 5.69 Å². The van der Waals surface area contributed by atoms with Crippen LogP contribution in [0.4, 0.5) is 0 Å². The van der Waals surface area contributed by atoms with Crippen LogP contribution in [-0.2, 0) is 0 Å². The van der Waals surface area contributed by atoms with E-state index >= 15 is 0 Å². The molecule has 0 saturated heterocycles. The fraction of sp³-hybridized carbons (Fsp3) is 0. The van der Waals surface area contributed by atoms with Crippen LogP contribution in [0.15, 0.2) is 47.5 Å². The van der Waals surface area contributed by atoms with E-state index in [9.17, 15) is 4.79 Å². The lowest BCUT2D eigenvalue weighted by molar-refractivity contribution is 0.0652. The highest BCUT2D eigenvalue weighted by Crippen LogP contribution is 2.25. The summed E-state index contributed by atoms with van der Waals surface area (Å²) < 4.78 is 6.33. The summed E-state index contributed by atoms with van der Waals surface area (Å²) in [6.45, 7) is 0. The first-order valence-corrected chi connectivity index (χ1v) is 5.40. The molecule has 1 N–H and O–H groups in total. The van der Waals surface area contributed by atoms with Gasteiger partial charge in [0.25, 0.3) is 0 Å². The zero-order chi connectivity index (χ0) is 13.2. The molecule has 2 heterocycles. The van der Waals surface area contributed by atoms with Crippen LogP contribution in [0.3, 0.4) is 0 Å². The van der Waals surface area contributed by atoms with E-state index in [1.807, 2.05) is 18.2 Å². The second-order valence-corrected chi connectivity index (χ2v) is 3.74. The summed E-state index contributed by atoms with van der Waals surface area (Å²) >= 11 is 0. The lowest BCUT2D eigenvalue weighted by Crippen LogP contribution is -1.97. The van der Waals surface area contributed by atoms with Crippen molar-refractivity contribution in [1.29, 1.82) is 0 Å². The lowest BCUT2D eigenvalue weighted by atomic mass is 10.1. The SMILES string of the molecule is O=C(O)c1cc(-c2ccccc2-n2cncn2)no1. The smallest absolute Gasteiger partial charge is 0.374 e. The summed E-state index contributed by atoms with van der Waals surface area (Å²) in [7, 11) is 0. The van der Waals surface area contributed by atoms with Crippen molar-refractivity contribution in [2.24, 2.45) is 0 Å². The standard InChI is InChI=1S/C12H8N4O3/c17-12(18)11-5-9(15-19-11)8-3-1-2-4-10(8)16-7-13-6-14-16/h1-7H,(H,17,18). The first-order valence-electron chi connectivity index (χ1n) is 5.40. The van der Waals surface area contributed by atoms with Crippen LogP contribution in [-0.4, -0.2) is 31.0 Å². The number of hydrogen-bond acceptors (Lipinski definition) is 5. The molecule has 0 amide bonds. The Kier molecular flexibility index (Phi) is 2.57. The molecule has 2 aromatic heterocycles. The number of aromatic carboxylic acids is 1. The molecule has 0 fully saturated rings. The van der Waals surface area contributed by atoms with E-state index in [4.69, 9.17) is 9.63 Å². The molecule has 3 rings (SSSR count). The van der Waals surface area contributed by atoms with Gasteiger partial charge in [-0.2, -0.15) is 5.10 Å². The summed E-state index contributed by atoms with van der Waals surface area (Å²) in [5.41, 5.74) is 1.89. The van der Waals surface area contributed by atoms with Crippen molar-refractivity contribution in [3.8, 4) is 16.9 Å². The molecule has 0 bridgehead atoms. The molecule has 94 valence electrons. The van der Waals surface area contributed by atoms with Gasteiger partial charge in [0.1, 0.15) is 18.3 Å². The Bertz CT molecular complexity index is 718. The number of carbonyl (C=O) groups is 1. The van der Waals surface area contributed by atoms with Crippen molar-refractivity contribution in [3.05, 3.63) is 48.7 Å². The molecule has 0 radical (unpaired) electrons. The molecule has 0 spiro atoms. The van der Waals surface area contributed by atoms with Crippen LogP contribution in [0.5, 0.6) is 0 Å². The molecular weight excluding hydrogens is 248 g/mol. The maximum atomic E-state index is 10.8. The number of nitrogens with zero attached hydrogens (tertiary/aromatic N) is 4. The van der Waals surface area contributed by atoms with E-state index in [1.165, 1.54) is 12.4 Å². The predicted octanol–water partition coefficient (Wildman–Crippen LogP) is 1.62. The molecule has 7 heteroatoms. The minimum absolute atomic E-state index is 0.205. The number of hydrogen-bond donors (Lipinski definition) is 1. The zero-order valence-corrected chi connectivity index (χ0v) is 9.59. The van der Waals surface area contributed by atoms with Crippen LogP contribution in [0.2, 0.25) is 0 Å². The fourth-order valence-electron chi connectivity index (χ4n) is 1.73. The molecule has 0 aliphatic rings. The third-order valence-corrected chi connectivity index (χ3v) is 2.57. The number of carboxylic acids is 1. The maximum absolute atomic E-state index is 10.8. The fourth-order valence-corrected chi connectivity index (χ4v) is 1.73. The Hall–Kier alpha value is -2.96. The van der Waals surface area contributed by atoms with Gasteiger partial charge in [-0.3, -0.25) is 0 Å². The van der Waals surface area contributed by atoms with Crippen molar-refractivity contribution >= 4 is 5.97 Å². The van der Waals surface area contributed by atoms with Gasteiger partial charge in [-0.1, -0.05) is 23.4 Å². The van der Waals surface area contributed by atoms with Gasteiger partial charge in [-0.25, -0.2) is 14.5 Å². The third-order valence-electron chi connectivity index (χ3n) is 2.57. The van der Waals surface area contributed by atoms with Gasteiger partial charge in [0.05, 0.1) is 5.69 Å². The van der Waals surface area contributed by atoms with Crippen molar-refractivity contribution in [2.45, 2.75) is 0 Å². The number of rotatable bonds is 3. The summed E-state index contributed by atoms with van der Waals surface area (Å²) in [5, 5.41) is 16.6. The van der Waals surface area contributed by atoms with Gasteiger partial charge in [0.2, 0.25) is 5.76 Å². The second kappa shape index (κ2) is 4.37. The van der Waals surface area contributed by atoms with E-state index < -0.39 is 5.97 Å². The van der Waals surface area contributed by atoms with Gasteiger partial charge >= 0.3 is 5.97 Å². The molecule has 1 aromatic carbocycles. The highest BCUT2D eigenvalue weighted by Gasteiger charge is 2.15. The highest BCUT2D eigenvalue weighted by atomic mass is 16.5. The van der Waals surface area contributed by atoms with Gasteiger partial charge in [-0.05, 0) is 6.07 Å². The normalized spacial score (nSPS) is 10.5. The molecule has 19 heavy (non-hydrogen) atoms. The van der Waals surface area contributed by atoms with Crippen LogP contribution < -0.4 is 0 Å². The zero-order valence-electron chi connectivity index (χ0n) is 9.59. The molecule has 0 aliphatic heterocycles. The third kappa shape index (κ3) is 1.97. The monoisotopic (exact) mass is 256 g/mol. The lowest BCUT2D eigenvalue weighted by Gasteiger charge is -2.05. The van der Waals surface area contributed by atoms with Crippen molar-refractivity contribution in [1.82, 2.24) is 19.9 Å². The molecule has 0 atom stereocenters. The number of carboxylic acid groups (broad SMARTS) is 1. The number of aromatic nitrogens is 4. The van der Waals surface area contributed by atoms with E-state index in [0.29, 0.717) is 11.3 Å². The average molecular weight is 256 g/mol. The molecular formula is C12H8N4O3. The van der Waals surface area contributed by atoms with Crippen LogP contribution in [0, 0.1) is 0 Å². The van der Waals surface area contributed by atoms with Crippen molar-refractivity contribution in [3.63, 3.8) is 0 Å².